The number of carbonyl (C=O) groups is 1. The van der Waals surface area contributed by atoms with Gasteiger partial charge < -0.3 is 9.84 Å². The topological polar surface area (TPSA) is 46.5 Å². The summed E-state index contributed by atoms with van der Waals surface area (Å²) < 4.78 is 4.99. The summed E-state index contributed by atoms with van der Waals surface area (Å²) in [5.41, 5.74) is 1.43. The van der Waals surface area contributed by atoms with Crippen LogP contribution in [0.5, 0.6) is 0 Å². The molecule has 112 valence electrons. The van der Waals surface area contributed by atoms with Crippen molar-refractivity contribution in [1.29, 1.82) is 0 Å². The van der Waals surface area contributed by atoms with E-state index in [1.54, 1.807) is 0 Å². The van der Waals surface area contributed by atoms with Gasteiger partial charge in [0.05, 0.1) is 0 Å². The van der Waals surface area contributed by atoms with Crippen LogP contribution in [0.2, 0.25) is 0 Å². The fourth-order valence-corrected chi connectivity index (χ4v) is 2.22. The average Bonchev–Trinajstić information content (AvgIpc) is 2.45. The van der Waals surface area contributed by atoms with Crippen molar-refractivity contribution in [2.24, 2.45) is 0 Å². The van der Waals surface area contributed by atoms with Crippen LogP contribution in [0.15, 0.2) is 30.3 Å². The van der Waals surface area contributed by atoms with Crippen molar-refractivity contribution >= 4 is 5.97 Å². The first kappa shape index (κ1) is 16.7. The molecule has 0 saturated carbocycles. The lowest BCUT2D eigenvalue weighted by molar-refractivity contribution is -0.142. The quantitative estimate of drug-likeness (QED) is 0.586. The molecule has 0 atom stereocenters. The van der Waals surface area contributed by atoms with E-state index in [0.29, 0.717) is 6.61 Å². The Balaban J connectivity index is 1.80. The minimum atomic E-state index is -0.886. The maximum atomic E-state index is 10.2. The number of benzene rings is 1. The zero-order chi connectivity index (χ0) is 14.5. The van der Waals surface area contributed by atoms with Crippen molar-refractivity contribution in [3.05, 3.63) is 35.9 Å². The molecule has 0 aromatic heterocycles. The van der Waals surface area contributed by atoms with Gasteiger partial charge in [0.1, 0.15) is 6.61 Å². The Morgan fingerprint density at radius 2 is 1.50 bits per heavy atom. The molecule has 1 rings (SSSR count). The summed E-state index contributed by atoms with van der Waals surface area (Å²) in [4.78, 5) is 10.2. The number of unbranched alkanes of at least 4 members (excludes halogenated alkanes) is 6. The normalized spacial score (nSPS) is 10.6. The highest BCUT2D eigenvalue weighted by Gasteiger charge is 1.96. The summed E-state index contributed by atoms with van der Waals surface area (Å²) in [5.74, 6) is -0.886. The number of hydrogen-bond donors (Lipinski definition) is 1. The van der Waals surface area contributed by atoms with Crippen molar-refractivity contribution in [3.63, 3.8) is 0 Å². The fraction of sp³-hybridized carbons (Fsp3) is 0.588. The van der Waals surface area contributed by atoms with Crippen LogP contribution >= 0.6 is 0 Å². The van der Waals surface area contributed by atoms with Gasteiger partial charge in [-0.15, -0.1) is 0 Å². The van der Waals surface area contributed by atoms with Gasteiger partial charge in [-0.2, -0.15) is 0 Å². The van der Waals surface area contributed by atoms with Crippen LogP contribution in [0.1, 0.15) is 50.5 Å². The third kappa shape index (κ3) is 9.56. The van der Waals surface area contributed by atoms with Gasteiger partial charge in [0.25, 0.3) is 0 Å². The molecule has 0 radical (unpaired) electrons. The molecule has 3 heteroatoms. The number of aliphatic carboxylic acids is 1. The summed E-state index contributed by atoms with van der Waals surface area (Å²) in [6, 6.07) is 10.6. The molecule has 0 fully saturated rings. The smallest absolute Gasteiger partial charge is 0.329 e. The van der Waals surface area contributed by atoms with Crippen LogP contribution in [0.4, 0.5) is 0 Å². The molecule has 0 aliphatic rings. The third-order valence-corrected chi connectivity index (χ3v) is 3.32. The first-order valence-corrected chi connectivity index (χ1v) is 7.62. The van der Waals surface area contributed by atoms with E-state index in [1.807, 2.05) is 0 Å². The van der Waals surface area contributed by atoms with Crippen LogP contribution in [-0.2, 0) is 16.0 Å². The molecule has 20 heavy (non-hydrogen) atoms. The van der Waals surface area contributed by atoms with Gasteiger partial charge in [0, 0.05) is 6.61 Å². The minimum Gasteiger partial charge on any atom is -0.480 e. The molecule has 0 aliphatic heterocycles. The molecule has 3 nitrogen and oxygen atoms in total. The van der Waals surface area contributed by atoms with Crippen LogP contribution in [0, 0.1) is 0 Å². The molecule has 0 amide bonds. The predicted octanol–water partition coefficient (Wildman–Crippen LogP) is 4.06. The highest BCUT2D eigenvalue weighted by molar-refractivity contribution is 5.67. The molecule has 0 heterocycles. The Morgan fingerprint density at radius 3 is 2.15 bits per heavy atom. The summed E-state index contributed by atoms with van der Waals surface area (Å²) in [6.07, 6.45) is 9.65. The van der Waals surface area contributed by atoms with Crippen LogP contribution in [0.25, 0.3) is 0 Å². The van der Waals surface area contributed by atoms with Gasteiger partial charge in [-0.25, -0.2) is 4.79 Å². The highest BCUT2D eigenvalue weighted by Crippen LogP contribution is 2.10. The first-order chi connectivity index (χ1) is 9.79. The number of hydrogen-bond acceptors (Lipinski definition) is 2. The van der Waals surface area contributed by atoms with E-state index in [2.05, 4.69) is 30.3 Å². The average molecular weight is 278 g/mol. The van der Waals surface area contributed by atoms with Gasteiger partial charge >= 0.3 is 5.97 Å². The summed E-state index contributed by atoms with van der Waals surface area (Å²) in [5, 5.41) is 8.39. The van der Waals surface area contributed by atoms with Crippen molar-refractivity contribution in [1.82, 2.24) is 0 Å². The van der Waals surface area contributed by atoms with Gasteiger partial charge in [-0.3, -0.25) is 0 Å². The van der Waals surface area contributed by atoms with E-state index in [0.717, 1.165) is 12.8 Å². The van der Waals surface area contributed by atoms with Crippen LogP contribution in [-0.4, -0.2) is 24.3 Å². The van der Waals surface area contributed by atoms with Gasteiger partial charge in [-0.1, -0.05) is 62.4 Å². The largest absolute Gasteiger partial charge is 0.480 e. The van der Waals surface area contributed by atoms with Crippen LogP contribution < -0.4 is 0 Å². The van der Waals surface area contributed by atoms with E-state index in [1.165, 1.54) is 44.1 Å². The Labute approximate surface area is 122 Å². The molecule has 0 aliphatic carbocycles. The monoisotopic (exact) mass is 278 g/mol. The van der Waals surface area contributed by atoms with E-state index in [9.17, 15) is 4.79 Å². The van der Waals surface area contributed by atoms with Crippen molar-refractivity contribution in [3.8, 4) is 0 Å². The van der Waals surface area contributed by atoms with Crippen LogP contribution in [0.3, 0.4) is 0 Å². The highest BCUT2D eigenvalue weighted by atomic mass is 16.5. The Kier molecular flexibility index (Phi) is 9.58. The van der Waals surface area contributed by atoms with E-state index >= 15 is 0 Å². The second-order valence-electron chi connectivity index (χ2n) is 5.16. The number of ether oxygens (including phenoxy) is 1. The fourth-order valence-electron chi connectivity index (χ4n) is 2.22. The first-order valence-electron chi connectivity index (χ1n) is 7.62. The number of carboxylic acid groups (broad SMARTS) is 1. The van der Waals surface area contributed by atoms with Gasteiger partial charge in [0.15, 0.2) is 0 Å². The van der Waals surface area contributed by atoms with E-state index in [-0.39, 0.29) is 6.61 Å². The maximum absolute atomic E-state index is 10.2. The zero-order valence-corrected chi connectivity index (χ0v) is 12.2. The lowest BCUT2D eigenvalue weighted by Crippen LogP contribution is -2.07. The maximum Gasteiger partial charge on any atom is 0.329 e. The lowest BCUT2D eigenvalue weighted by atomic mass is 10.0. The van der Waals surface area contributed by atoms with Gasteiger partial charge in [0.2, 0.25) is 0 Å². The van der Waals surface area contributed by atoms with Crippen molar-refractivity contribution in [2.45, 2.75) is 51.4 Å². The molecular formula is C17H26O3. The van der Waals surface area contributed by atoms with E-state index < -0.39 is 5.97 Å². The zero-order valence-electron chi connectivity index (χ0n) is 12.2. The van der Waals surface area contributed by atoms with E-state index in [4.69, 9.17) is 9.84 Å². The number of rotatable bonds is 12. The lowest BCUT2D eigenvalue weighted by Gasteiger charge is -2.03. The van der Waals surface area contributed by atoms with Crippen molar-refractivity contribution < 1.29 is 14.6 Å². The molecule has 1 aromatic carbocycles. The third-order valence-electron chi connectivity index (χ3n) is 3.32. The number of aryl methyl sites for hydroxylation is 1. The summed E-state index contributed by atoms with van der Waals surface area (Å²) in [7, 11) is 0. The summed E-state index contributed by atoms with van der Waals surface area (Å²) >= 11 is 0. The second-order valence-corrected chi connectivity index (χ2v) is 5.16. The summed E-state index contributed by atoms with van der Waals surface area (Å²) in [6.45, 7) is 0.403. The molecule has 0 spiro atoms. The molecule has 1 N–H and O–H groups in total. The van der Waals surface area contributed by atoms with Crippen molar-refractivity contribution in [2.75, 3.05) is 13.2 Å². The molecule has 0 bridgehead atoms. The Bertz CT molecular complexity index is 349. The number of carboxylic acids is 1. The second kappa shape index (κ2) is 11.5. The minimum absolute atomic E-state index is 0.167. The standard InChI is InChI=1S/C17H26O3/c18-17(19)15-20-14-10-5-3-1-2-4-7-11-16-12-8-6-9-13-16/h6,8-9,12-13H,1-5,7,10-11,14-15H2,(H,18,19). The molecule has 0 saturated heterocycles. The molecular weight excluding hydrogens is 252 g/mol. The predicted molar refractivity (Wildman–Crippen MR) is 80.9 cm³/mol. The molecule has 1 aromatic rings. The van der Waals surface area contributed by atoms with Gasteiger partial charge in [-0.05, 0) is 24.8 Å². The Morgan fingerprint density at radius 1 is 0.900 bits per heavy atom. The molecule has 0 unspecified atom stereocenters. The Hall–Kier alpha value is -1.35. The SMILES string of the molecule is O=C(O)COCCCCCCCCCc1ccccc1.